The molecule has 0 saturated carbocycles. The van der Waals surface area contributed by atoms with Gasteiger partial charge in [-0.2, -0.15) is 0 Å². The lowest BCUT2D eigenvalue weighted by molar-refractivity contribution is 0.179. The molecule has 20 heavy (non-hydrogen) atoms. The van der Waals surface area contributed by atoms with Gasteiger partial charge in [-0.05, 0) is 30.1 Å². The van der Waals surface area contributed by atoms with Crippen molar-refractivity contribution >= 4 is 8.32 Å². The minimum absolute atomic E-state index is 0.305. The standard InChI is InChI=1S/C17H29NOSi/c1-17(2,3)20(4,5)19-16-11-12-18(14-16)13-15-9-7-6-8-10-15/h6-10,16H,11-14H2,1-5H3. The van der Waals surface area contributed by atoms with Gasteiger partial charge in [0, 0.05) is 19.6 Å². The summed E-state index contributed by atoms with van der Waals surface area (Å²) in [6.45, 7) is 15.0. The molecule has 1 atom stereocenters. The van der Waals surface area contributed by atoms with Gasteiger partial charge >= 0.3 is 0 Å². The summed E-state index contributed by atoms with van der Waals surface area (Å²) in [5.74, 6) is 0. The molecule has 0 aromatic heterocycles. The molecule has 1 aliphatic rings. The maximum absolute atomic E-state index is 6.53. The predicted octanol–water partition coefficient (Wildman–Crippen LogP) is 4.28. The summed E-state index contributed by atoms with van der Waals surface area (Å²) in [4.78, 5) is 2.52. The Morgan fingerprint density at radius 1 is 1.20 bits per heavy atom. The molecule has 1 aliphatic heterocycles. The third-order valence-corrected chi connectivity index (χ3v) is 9.28. The zero-order valence-corrected chi connectivity index (χ0v) is 14.6. The highest BCUT2D eigenvalue weighted by atomic mass is 28.4. The van der Waals surface area contributed by atoms with Gasteiger partial charge in [-0.25, -0.2) is 0 Å². The van der Waals surface area contributed by atoms with Crippen molar-refractivity contribution in [1.29, 1.82) is 0 Å². The van der Waals surface area contributed by atoms with Gasteiger partial charge in [0.05, 0.1) is 6.10 Å². The van der Waals surface area contributed by atoms with Crippen molar-refractivity contribution in [2.45, 2.75) is 58.0 Å². The molecule has 0 amide bonds. The van der Waals surface area contributed by atoms with Gasteiger partial charge in [0.15, 0.2) is 8.32 Å². The van der Waals surface area contributed by atoms with Crippen molar-refractivity contribution in [3.8, 4) is 0 Å². The van der Waals surface area contributed by atoms with Crippen molar-refractivity contribution in [2.75, 3.05) is 13.1 Å². The van der Waals surface area contributed by atoms with E-state index in [9.17, 15) is 0 Å². The first-order valence-corrected chi connectivity index (χ1v) is 10.6. The highest BCUT2D eigenvalue weighted by Gasteiger charge is 2.40. The summed E-state index contributed by atoms with van der Waals surface area (Å²) in [5.41, 5.74) is 1.40. The van der Waals surface area contributed by atoms with E-state index in [2.05, 4.69) is 69.1 Å². The van der Waals surface area contributed by atoms with E-state index in [0.717, 1.165) is 19.6 Å². The normalized spacial score (nSPS) is 21.4. The van der Waals surface area contributed by atoms with E-state index >= 15 is 0 Å². The minimum atomic E-state index is -1.62. The summed E-state index contributed by atoms with van der Waals surface area (Å²) in [7, 11) is -1.62. The third-order valence-electron chi connectivity index (χ3n) is 4.75. The van der Waals surface area contributed by atoms with Gasteiger partial charge < -0.3 is 4.43 Å². The molecule has 2 nitrogen and oxygen atoms in total. The molecule has 1 saturated heterocycles. The largest absolute Gasteiger partial charge is 0.413 e. The monoisotopic (exact) mass is 291 g/mol. The number of likely N-dealkylation sites (tertiary alicyclic amines) is 1. The van der Waals surface area contributed by atoms with Crippen molar-refractivity contribution in [3.05, 3.63) is 35.9 Å². The van der Waals surface area contributed by atoms with Gasteiger partial charge in [-0.1, -0.05) is 51.1 Å². The van der Waals surface area contributed by atoms with Crippen molar-refractivity contribution in [2.24, 2.45) is 0 Å². The Morgan fingerprint density at radius 2 is 1.85 bits per heavy atom. The molecule has 1 unspecified atom stereocenters. The maximum atomic E-state index is 6.53. The van der Waals surface area contributed by atoms with Crippen LogP contribution in [0.1, 0.15) is 32.8 Å². The van der Waals surface area contributed by atoms with E-state index in [4.69, 9.17) is 4.43 Å². The zero-order chi connectivity index (χ0) is 14.8. The molecule has 112 valence electrons. The van der Waals surface area contributed by atoms with E-state index in [0.29, 0.717) is 11.1 Å². The van der Waals surface area contributed by atoms with Crippen LogP contribution in [0.5, 0.6) is 0 Å². The highest BCUT2D eigenvalue weighted by Crippen LogP contribution is 2.38. The summed E-state index contributed by atoms with van der Waals surface area (Å²) >= 11 is 0. The van der Waals surface area contributed by atoms with E-state index in [1.807, 2.05) is 0 Å². The number of rotatable bonds is 4. The molecule has 2 rings (SSSR count). The molecule has 1 aromatic rings. The second kappa shape index (κ2) is 6.00. The number of hydrogen-bond donors (Lipinski definition) is 0. The smallest absolute Gasteiger partial charge is 0.192 e. The van der Waals surface area contributed by atoms with Crippen molar-refractivity contribution < 1.29 is 4.43 Å². The second-order valence-corrected chi connectivity index (χ2v) is 12.3. The second-order valence-electron chi connectivity index (χ2n) is 7.51. The van der Waals surface area contributed by atoms with Crippen molar-refractivity contribution in [1.82, 2.24) is 4.90 Å². The topological polar surface area (TPSA) is 12.5 Å². The lowest BCUT2D eigenvalue weighted by Gasteiger charge is -2.38. The summed E-state index contributed by atoms with van der Waals surface area (Å²) in [5, 5.41) is 0.305. The third kappa shape index (κ3) is 3.93. The van der Waals surface area contributed by atoms with Crippen LogP contribution in [0.25, 0.3) is 0 Å². The van der Waals surface area contributed by atoms with Crippen LogP contribution in [0.3, 0.4) is 0 Å². The van der Waals surface area contributed by atoms with Crippen LogP contribution in [-0.2, 0) is 11.0 Å². The van der Waals surface area contributed by atoms with Crippen LogP contribution in [0.2, 0.25) is 18.1 Å². The number of nitrogens with zero attached hydrogens (tertiary/aromatic N) is 1. The Morgan fingerprint density at radius 3 is 2.45 bits per heavy atom. The fourth-order valence-electron chi connectivity index (χ4n) is 2.47. The molecule has 1 heterocycles. The van der Waals surface area contributed by atoms with Gasteiger partial charge in [-0.3, -0.25) is 4.90 Å². The minimum Gasteiger partial charge on any atom is -0.413 e. The van der Waals surface area contributed by atoms with Crippen molar-refractivity contribution in [3.63, 3.8) is 0 Å². The molecule has 3 heteroatoms. The van der Waals surface area contributed by atoms with Gasteiger partial charge in [0.2, 0.25) is 0 Å². The molecule has 0 spiro atoms. The zero-order valence-electron chi connectivity index (χ0n) is 13.6. The number of hydrogen-bond acceptors (Lipinski definition) is 2. The van der Waals surface area contributed by atoms with Crippen LogP contribution < -0.4 is 0 Å². The Hall–Kier alpha value is -0.643. The molecular weight excluding hydrogens is 262 g/mol. The van der Waals surface area contributed by atoms with Gasteiger partial charge in [-0.15, -0.1) is 0 Å². The fourth-order valence-corrected chi connectivity index (χ4v) is 3.85. The SMILES string of the molecule is CC(C)(C)[Si](C)(C)OC1CCN(Cc2ccccc2)C1. The molecule has 1 aromatic carbocycles. The van der Waals surface area contributed by atoms with Crippen LogP contribution in [0, 0.1) is 0 Å². The van der Waals surface area contributed by atoms with E-state index in [1.54, 1.807) is 0 Å². The van der Waals surface area contributed by atoms with E-state index in [1.165, 1.54) is 12.0 Å². The first kappa shape index (κ1) is 15.7. The Bertz CT molecular complexity index is 424. The summed E-state index contributed by atoms with van der Waals surface area (Å²) in [6, 6.07) is 10.7. The molecule has 0 aliphatic carbocycles. The molecule has 0 bridgehead atoms. The van der Waals surface area contributed by atoms with Gasteiger partial charge in [0.25, 0.3) is 0 Å². The first-order chi connectivity index (χ1) is 9.28. The number of benzene rings is 1. The lowest BCUT2D eigenvalue weighted by atomic mass is 10.2. The Balaban J connectivity index is 1.87. The highest BCUT2D eigenvalue weighted by molar-refractivity contribution is 6.74. The molecular formula is C17H29NOSi. The van der Waals surface area contributed by atoms with Crippen LogP contribution in [-0.4, -0.2) is 32.4 Å². The summed E-state index contributed by atoms with van der Waals surface area (Å²) < 4.78 is 6.53. The fraction of sp³-hybridized carbons (Fsp3) is 0.647. The lowest BCUT2D eigenvalue weighted by Crippen LogP contribution is -2.44. The van der Waals surface area contributed by atoms with Crippen LogP contribution >= 0.6 is 0 Å². The van der Waals surface area contributed by atoms with E-state index in [-0.39, 0.29) is 0 Å². The van der Waals surface area contributed by atoms with E-state index < -0.39 is 8.32 Å². The maximum Gasteiger partial charge on any atom is 0.192 e. The quantitative estimate of drug-likeness (QED) is 0.768. The van der Waals surface area contributed by atoms with Crippen LogP contribution in [0.15, 0.2) is 30.3 Å². The molecule has 0 N–H and O–H groups in total. The Kier molecular flexibility index (Phi) is 4.72. The summed E-state index contributed by atoms with van der Waals surface area (Å²) in [6.07, 6.45) is 1.61. The molecule has 0 radical (unpaired) electrons. The average Bonchev–Trinajstić information content (AvgIpc) is 2.75. The van der Waals surface area contributed by atoms with Gasteiger partial charge in [0.1, 0.15) is 0 Å². The first-order valence-electron chi connectivity index (χ1n) is 7.72. The average molecular weight is 292 g/mol. The van der Waals surface area contributed by atoms with Crippen LogP contribution in [0.4, 0.5) is 0 Å². The predicted molar refractivity (Wildman–Crippen MR) is 88.4 cm³/mol. The molecule has 1 fully saturated rings. The Labute approximate surface area is 125 Å².